The van der Waals surface area contributed by atoms with Gasteiger partial charge in [-0.25, -0.2) is 4.98 Å². The van der Waals surface area contributed by atoms with E-state index in [2.05, 4.69) is 26.2 Å². The third-order valence-electron chi connectivity index (χ3n) is 3.24. The lowest BCUT2D eigenvalue weighted by Crippen LogP contribution is -2.22. The van der Waals surface area contributed by atoms with E-state index in [-0.39, 0.29) is 5.91 Å². The predicted octanol–water partition coefficient (Wildman–Crippen LogP) is 3.34. The summed E-state index contributed by atoms with van der Waals surface area (Å²) in [5.74, 6) is -0.106. The highest BCUT2D eigenvalue weighted by atomic mass is 79.9. The van der Waals surface area contributed by atoms with Crippen molar-refractivity contribution in [1.29, 1.82) is 0 Å². The first-order chi connectivity index (χ1) is 10.1. The largest absolute Gasteiger partial charge is 0.346 e. The fraction of sp³-hybridized carbons (Fsp3) is 0.125. The van der Waals surface area contributed by atoms with Crippen molar-refractivity contribution in [3.05, 3.63) is 70.1 Å². The molecule has 3 rings (SSSR count). The number of benzene rings is 1. The Morgan fingerprint density at radius 2 is 2.19 bits per heavy atom. The number of aryl methyl sites for hydroxylation is 1. The number of carbonyl (C=O) groups excluding carboxylic acids is 1. The monoisotopic (exact) mass is 343 g/mol. The number of rotatable bonds is 3. The van der Waals surface area contributed by atoms with E-state index in [1.807, 2.05) is 48.0 Å². The van der Waals surface area contributed by atoms with Crippen molar-refractivity contribution in [2.24, 2.45) is 0 Å². The van der Waals surface area contributed by atoms with Crippen molar-refractivity contribution in [2.75, 3.05) is 0 Å². The highest BCUT2D eigenvalue weighted by molar-refractivity contribution is 9.10. The number of nitrogens with one attached hydrogen (secondary N) is 1. The van der Waals surface area contributed by atoms with E-state index in [0.717, 1.165) is 21.4 Å². The van der Waals surface area contributed by atoms with Gasteiger partial charge >= 0.3 is 0 Å². The van der Waals surface area contributed by atoms with Crippen LogP contribution in [0.3, 0.4) is 0 Å². The quantitative estimate of drug-likeness (QED) is 0.792. The number of fused-ring (bicyclic) bond motifs is 1. The second-order valence-corrected chi connectivity index (χ2v) is 5.76. The summed E-state index contributed by atoms with van der Waals surface area (Å²) in [5.41, 5.74) is 3.50. The van der Waals surface area contributed by atoms with Crippen molar-refractivity contribution in [3.8, 4) is 0 Å². The molecule has 0 fully saturated rings. The van der Waals surface area contributed by atoms with Crippen LogP contribution in [0.25, 0.3) is 5.65 Å². The molecule has 1 amide bonds. The Kier molecular flexibility index (Phi) is 3.75. The lowest BCUT2D eigenvalue weighted by Gasteiger charge is -2.03. The van der Waals surface area contributed by atoms with E-state index in [1.165, 1.54) is 0 Å². The van der Waals surface area contributed by atoms with Crippen molar-refractivity contribution >= 4 is 27.5 Å². The molecule has 0 bridgehead atoms. The Bertz CT molecular complexity index is 810. The van der Waals surface area contributed by atoms with Crippen molar-refractivity contribution < 1.29 is 4.79 Å². The molecule has 0 aliphatic rings. The number of hydrogen-bond acceptors (Lipinski definition) is 2. The number of amides is 1. The van der Waals surface area contributed by atoms with Crippen molar-refractivity contribution in [3.63, 3.8) is 0 Å². The Balaban J connectivity index is 1.74. The molecule has 0 aliphatic heterocycles. The van der Waals surface area contributed by atoms with Crippen LogP contribution in [0.4, 0.5) is 0 Å². The molecule has 0 aliphatic carbocycles. The molecule has 4 nitrogen and oxygen atoms in total. The second-order valence-electron chi connectivity index (χ2n) is 4.85. The zero-order chi connectivity index (χ0) is 14.8. The van der Waals surface area contributed by atoms with Crippen LogP contribution >= 0.6 is 15.9 Å². The van der Waals surface area contributed by atoms with E-state index in [0.29, 0.717) is 12.1 Å². The molecule has 2 heterocycles. The molecule has 5 heteroatoms. The summed E-state index contributed by atoms with van der Waals surface area (Å²) in [4.78, 5) is 16.6. The molecule has 0 spiro atoms. The van der Waals surface area contributed by atoms with Crippen LogP contribution in [0, 0.1) is 6.92 Å². The normalized spacial score (nSPS) is 10.8. The maximum Gasteiger partial charge on any atom is 0.251 e. The molecule has 0 unspecified atom stereocenters. The molecule has 0 saturated heterocycles. The van der Waals surface area contributed by atoms with Crippen molar-refractivity contribution in [2.45, 2.75) is 13.5 Å². The van der Waals surface area contributed by atoms with Gasteiger partial charge in [0.05, 0.1) is 12.2 Å². The van der Waals surface area contributed by atoms with Gasteiger partial charge in [-0.3, -0.25) is 4.79 Å². The summed E-state index contributed by atoms with van der Waals surface area (Å²) in [6.45, 7) is 2.43. The van der Waals surface area contributed by atoms with Gasteiger partial charge in [-0.05, 0) is 36.8 Å². The highest BCUT2D eigenvalue weighted by Crippen LogP contribution is 2.12. The number of carbonyl (C=O) groups is 1. The molecular formula is C16H14BrN3O. The zero-order valence-corrected chi connectivity index (χ0v) is 13.1. The van der Waals surface area contributed by atoms with E-state index >= 15 is 0 Å². The van der Waals surface area contributed by atoms with Gasteiger partial charge in [0, 0.05) is 22.4 Å². The van der Waals surface area contributed by atoms with E-state index in [4.69, 9.17) is 0 Å². The third kappa shape index (κ3) is 2.97. The van der Waals surface area contributed by atoms with Gasteiger partial charge in [-0.2, -0.15) is 0 Å². The first-order valence-corrected chi connectivity index (χ1v) is 7.40. The van der Waals surface area contributed by atoms with Gasteiger partial charge < -0.3 is 9.72 Å². The number of aromatic nitrogens is 2. The standard InChI is InChI=1S/C16H14BrN3O/c1-11-4-3-7-20-10-14(19-15(11)20)9-18-16(21)12-5-2-6-13(17)8-12/h2-8,10H,9H2,1H3,(H,18,21). The van der Waals surface area contributed by atoms with Gasteiger partial charge in [0.25, 0.3) is 5.91 Å². The van der Waals surface area contributed by atoms with E-state index in [9.17, 15) is 4.79 Å². The molecule has 3 aromatic rings. The molecule has 106 valence electrons. The first-order valence-electron chi connectivity index (χ1n) is 6.60. The zero-order valence-electron chi connectivity index (χ0n) is 11.5. The van der Waals surface area contributed by atoms with Crippen LogP contribution in [0.1, 0.15) is 21.6 Å². The number of nitrogens with zero attached hydrogens (tertiary/aromatic N) is 2. The van der Waals surface area contributed by atoms with E-state index in [1.54, 1.807) is 12.1 Å². The predicted molar refractivity (Wildman–Crippen MR) is 85.2 cm³/mol. The van der Waals surface area contributed by atoms with Gasteiger partial charge in [0.1, 0.15) is 5.65 Å². The average molecular weight is 344 g/mol. The number of pyridine rings is 1. The summed E-state index contributed by atoms with van der Waals surface area (Å²) in [6.07, 6.45) is 3.89. The summed E-state index contributed by atoms with van der Waals surface area (Å²) in [7, 11) is 0. The fourth-order valence-corrected chi connectivity index (χ4v) is 2.59. The maximum atomic E-state index is 12.1. The Labute approximate surface area is 131 Å². The number of imidazole rings is 1. The molecule has 0 saturated carbocycles. The topological polar surface area (TPSA) is 46.4 Å². The van der Waals surface area contributed by atoms with Gasteiger partial charge in [0.2, 0.25) is 0 Å². The maximum absolute atomic E-state index is 12.1. The van der Waals surface area contributed by atoms with Crippen LogP contribution < -0.4 is 5.32 Å². The Morgan fingerprint density at radius 1 is 1.33 bits per heavy atom. The first kappa shape index (κ1) is 13.8. The molecule has 21 heavy (non-hydrogen) atoms. The second kappa shape index (κ2) is 5.69. The highest BCUT2D eigenvalue weighted by Gasteiger charge is 2.08. The molecular weight excluding hydrogens is 330 g/mol. The molecule has 1 aromatic carbocycles. The van der Waals surface area contributed by atoms with Crippen LogP contribution in [0.2, 0.25) is 0 Å². The number of hydrogen-bond donors (Lipinski definition) is 1. The lowest BCUT2D eigenvalue weighted by molar-refractivity contribution is 0.0950. The van der Waals surface area contributed by atoms with Crippen LogP contribution in [0.15, 0.2) is 53.3 Å². The minimum atomic E-state index is -0.106. The average Bonchev–Trinajstić information content (AvgIpc) is 2.89. The Hall–Kier alpha value is -2.14. The summed E-state index contributed by atoms with van der Waals surface area (Å²) < 4.78 is 2.86. The van der Waals surface area contributed by atoms with Gasteiger partial charge in [-0.15, -0.1) is 0 Å². The molecule has 1 N–H and O–H groups in total. The van der Waals surface area contributed by atoms with Crippen molar-refractivity contribution in [1.82, 2.24) is 14.7 Å². The molecule has 0 atom stereocenters. The summed E-state index contributed by atoms with van der Waals surface area (Å²) in [6, 6.07) is 11.3. The van der Waals surface area contributed by atoms with Crippen LogP contribution in [-0.2, 0) is 6.54 Å². The number of halogens is 1. The molecule has 0 radical (unpaired) electrons. The fourth-order valence-electron chi connectivity index (χ4n) is 2.19. The minimum Gasteiger partial charge on any atom is -0.346 e. The van der Waals surface area contributed by atoms with E-state index < -0.39 is 0 Å². The van der Waals surface area contributed by atoms with Gasteiger partial charge in [0.15, 0.2) is 0 Å². The minimum absolute atomic E-state index is 0.106. The summed E-state index contributed by atoms with van der Waals surface area (Å²) in [5, 5.41) is 2.89. The Morgan fingerprint density at radius 3 is 2.95 bits per heavy atom. The third-order valence-corrected chi connectivity index (χ3v) is 3.74. The van der Waals surface area contributed by atoms with Crippen LogP contribution in [-0.4, -0.2) is 15.3 Å². The smallest absolute Gasteiger partial charge is 0.251 e. The molecule has 2 aromatic heterocycles. The summed E-state index contributed by atoms with van der Waals surface area (Å²) >= 11 is 3.36. The lowest BCUT2D eigenvalue weighted by atomic mass is 10.2. The van der Waals surface area contributed by atoms with Gasteiger partial charge in [-0.1, -0.05) is 28.1 Å². The SMILES string of the molecule is Cc1cccn2cc(CNC(=O)c3cccc(Br)c3)nc12. The van der Waals surface area contributed by atoms with Crippen LogP contribution in [0.5, 0.6) is 0 Å².